The van der Waals surface area contributed by atoms with E-state index < -0.39 is 11.9 Å². The number of nitrogens with zero attached hydrogens (tertiary/aromatic N) is 3. The maximum Gasteiger partial charge on any atom is 0.356 e. The van der Waals surface area contributed by atoms with Crippen LogP contribution in [-0.4, -0.2) is 35.7 Å². The van der Waals surface area contributed by atoms with Gasteiger partial charge in [0.1, 0.15) is 11.4 Å². The van der Waals surface area contributed by atoms with Crippen molar-refractivity contribution in [2.45, 2.75) is 0 Å². The van der Waals surface area contributed by atoms with E-state index in [0.717, 1.165) is 0 Å². The summed E-state index contributed by atoms with van der Waals surface area (Å²) in [5.74, 6) is -1.12. The Bertz CT molecular complexity index is 1400. The normalized spacial score (nSPS) is 11.2. The first-order valence-electron chi connectivity index (χ1n) is 10.3. The second kappa shape index (κ2) is 10.1. The van der Waals surface area contributed by atoms with E-state index in [2.05, 4.69) is 4.99 Å². The van der Waals surface area contributed by atoms with Gasteiger partial charge in [-0.05, 0) is 36.4 Å². The lowest BCUT2D eigenvalue weighted by atomic mass is 10.1. The first-order chi connectivity index (χ1) is 16.5. The van der Waals surface area contributed by atoms with E-state index in [1.165, 1.54) is 14.2 Å². The smallest absolute Gasteiger partial charge is 0.356 e. The van der Waals surface area contributed by atoms with Crippen molar-refractivity contribution in [1.82, 2.24) is 9.55 Å². The predicted molar refractivity (Wildman–Crippen MR) is 128 cm³/mol. The van der Waals surface area contributed by atoms with Gasteiger partial charge in [0, 0.05) is 16.3 Å². The Kier molecular flexibility index (Phi) is 6.85. The summed E-state index contributed by atoms with van der Waals surface area (Å²) in [6.07, 6.45) is 0. The number of benzene rings is 3. The molecule has 0 amide bonds. The van der Waals surface area contributed by atoms with E-state index in [4.69, 9.17) is 26.1 Å². The van der Waals surface area contributed by atoms with Crippen LogP contribution in [-0.2, 0) is 9.47 Å². The topological polar surface area (TPSA) is 82.8 Å². The Labute approximate surface area is 200 Å². The van der Waals surface area contributed by atoms with Crippen LogP contribution in [0.2, 0.25) is 5.02 Å². The number of rotatable bonds is 5. The summed E-state index contributed by atoms with van der Waals surface area (Å²) >= 11 is 6.00. The zero-order valence-corrected chi connectivity index (χ0v) is 19.2. The largest absolute Gasteiger partial charge is 0.465 e. The first-order valence-corrected chi connectivity index (χ1v) is 10.7. The molecule has 0 spiro atoms. The van der Waals surface area contributed by atoms with Crippen LogP contribution in [0.15, 0.2) is 89.9 Å². The third kappa shape index (κ3) is 4.60. The maximum atomic E-state index is 13.1. The van der Waals surface area contributed by atoms with E-state index in [-0.39, 0.29) is 16.7 Å². The third-order valence-electron chi connectivity index (χ3n) is 4.98. The average molecular weight is 474 g/mol. The molecule has 34 heavy (non-hydrogen) atoms. The Balaban J connectivity index is 2.20. The lowest BCUT2D eigenvalue weighted by Crippen LogP contribution is -2.31. The van der Waals surface area contributed by atoms with Crippen molar-refractivity contribution < 1.29 is 19.1 Å². The van der Waals surface area contributed by atoms with Gasteiger partial charge in [-0.25, -0.2) is 19.6 Å². The molecule has 0 unspecified atom stereocenters. The van der Waals surface area contributed by atoms with Crippen LogP contribution in [0.5, 0.6) is 0 Å². The highest BCUT2D eigenvalue weighted by atomic mass is 35.5. The molecular formula is C26H20ClN3O4. The van der Waals surface area contributed by atoms with Gasteiger partial charge in [-0.1, -0.05) is 60.1 Å². The highest BCUT2D eigenvalue weighted by Crippen LogP contribution is 2.25. The molecule has 0 aliphatic carbocycles. The first kappa shape index (κ1) is 22.9. The van der Waals surface area contributed by atoms with Gasteiger partial charge in [0.15, 0.2) is 11.2 Å². The fourth-order valence-electron chi connectivity index (χ4n) is 3.44. The van der Waals surface area contributed by atoms with Crippen LogP contribution >= 0.6 is 11.6 Å². The van der Waals surface area contributed by atoms with Gasteiger partial charge in [-0.3, -0.25) is 4.57 Å². The Morgan fingerprint density at radius 3 is 2.00 bits per heavy atom. The molecule has 0 bridgehead atoms. The number of carbonyl (C=O) groups excluding carboxylic acids is 2. The molecule has 7 nitrogen and oxygen atoms in total. The van der Waals surface area contributed by atoms with Crippen molar-refractivity contribution >= 4 is 29.2 Å². The molecule has 0 fully saturated rings. The molecule has 0 N–H and O–H groups in total. The van der Waals surface area contributed by atoms with Crippen LogP contribution in [0, 0.1) is 0 Å². The molecule has 0 radical (unpaired) electrons. The number of ether oxygens (including phenoxy) is 2. The summed E-state index contributed by atoms with van der Waals surface area (Å²) < 4.78 is 11.7. The van der Waals surface area contributed by atoms with Crippen LogP contribution in [0.4, 0.5) is 5.69 Å². The number of esters is 2. The number of carbonyl (C=O) groups is 2. The molecule has 4 aromatic rings. The van der Waals surface area contributed by atoms with Gasteiger partial charge < -0.3 is 9.47 Å². The molecule has 8 heteroatoms. The molecule has 1 aromatic heterocycles. The summed E-state index contributed by atoms with van der Waals surface area (Å²) in [5, 5.41) is 0.537. The summed E-state index contributed by atoms with van der Waals surface area (Å²) in [7, 11) is 2.48. The Morgan fingerprint density at radius 1 is 0.824 bits per heavy atom. The number of methoxy groups -OCH3 is 2. The lowest BCUT2D eigenvalue weighted by Gasteiger charge is -2.20. The molecule has 0 atom stereocenters. The number of hydrogen-bond acceptors (Lipinski definition) is 6. The van der Waals surface area contributed by atoms with E-state index in [9.17, 15) is 9.59 Å². The lowest BCUT2D eigenvalue weighted by molar-refractivity contribution is 0.0544. The van der Waals surface area contributed by atoms with Crippen molar-refractivity contribution in [3.63, 3.8) is 0 Å². The SMILES string of the molecule is COC(=O)c1c(C(=O)OC)n(-c2ccccc2)c(-c2ccccc2)nc1=Nc1ccc(Cl)cc1. The number of hydrogen-bond donors (Lipinski definition) is 0. The predicted octanol–water partition coefficient (Wildman–Crippen LogP) is 5.00. The van der Waals surface area contributed by atoms with E-state index in [1.54, 1.807) is 41.0 Å². The van der Waals surface area contributed by atoms with Gasteiger partial charge in [-0.2, -0.15) is 0 Å². The molecule has 170 valence electrons. The summed E-state index contributed by atoms with van der Waals surface area (Å²) in [6, 6.07) is 25.1. The second-order valence-corrected chi connectivity index (χ2v) is 7.53. The quantitative estimate of drug-likeness (QED) is 0.381. The van der Waals surface area contributed by atoms with Gasteiger partial charge in [0.2, 0.25) is 0 Å². The van der Waals surface area contributed by atoms with E-state index in [1.807, 2.05) is 48.5 Å². The number of aromatic nitrogens is 2. The summed E-state index contributed by atoms with van der Waals surface area (Å²) in [6.45, 7) is 0. The molecule has 0 saturated heterocycles. The highest BCUT2D eigenvalue weighted by Gasteiger charge is 2.29. The number of para-hydroxylation sites is 1. The molecule has 1 heterocycles. The molecule has 0 aliphatic heterocycles. The molecule has 3 aromatic carbocycles. The third-order valence-corrected chi connectivity index (χ3v) is 5.24. The van der Waals surface area contributed by atoms with E-state index in [0.29, 0.717) is 27.8 Å². The summed E-state index contributed by atoms with van der Waals surface area (Å²) in [4.78, 5) is 35.4. The molecular weight excluding hydrogens is 454 g/mol. The fourth-order valence-corrected chi connectivity index (χ4v) is 3.56. The van der Waals surface area contributed by atoms with Gasteiger partial charge >= 0.3 is 11.9 Å². The van der Waals surface area contributed by atoms with Crippen LogP contribution in [0.3, 0.4) is 0 Å². The minimum atomic E-state index is -0.773. The van der Waals surface area contributed by atoms with Crippen LogP contribution in [0.1, 0.15) is 20.8 Å². The standard InChI is InChI=1S/C26H20ClN3O4/c1-33-25(31)21-22(26(32)34-2)30(20-11-7-4-8-12-20)24(17-9-5-3-6-10-17)29-23(21)28-19-15-13-18(27)14-16-19/h3-16H,1-2H3. The van der Waals surface area contributed by atoms with Crippen molar-refractivity contribution in [2.24, 2.45) is 4.99 Å². The monoisotopic (exact) mass is 473 g/mol. The minimum absolute atomic E-state index is 0.0145. The van der Waals surface area contributed by atoms with Crippen molar-refractivity contribution in [3.05, 3.63) is 107 Å². The van der Waals surface area contributed by atoms with Crippen LogP contribution < -0.4 is 5.49 Å². The zero-order chi connectivity index (χ0) is 24.1. The second-order valence-electron chi connectivity index (χ2n) is 7.09. The van der Waals surface area contributed by atoms with E-state index >= 15 is 0 Å². The fraction of sp³-hybridized carbons (Fsp3) is 0.0769. The average Bonchev–Trinajstić information content (AvgIpc) is 2.89. The molecule has 0 aliphatic rings. The van der Waals surface area contributed by atoms with Crippen molar-refractivity contribution in [3.8, 4) is 17.1 Å². The molecule has 0 saturated carbocycles. The van der Waals surface area contributed by atoms with Crippen LogP contribution in [0.25, 0.3) is 17.1 Å². The number of halogens is 1. The van der Waals surface area contributed by atoms with Crippen molar-refractivity contribution in [1.29, 1.82) is 0 Å². The van der Waals surface area contributed by atoms with Crippen molar-refractivity contribution in [2.75, 3.05) is 14.2 Å². The zero-order valence-electron chi connectivity index (χ0n) is 18.4. The Morgan fingerprint density at radius 2 is 1.41 bits per heavy atom. The highest BCUT2D eigenvalue weighted by molar-refractivity contribution is 6.30. The van der Waals surface area contributed by atoms with Gasteiger partial charge in [0.05, 0.1) is 19.9 Å². The van der Waals surface area contributed by atoms with Gasteiger partial charge in [-0.15, -0.1) is 0 Å². The maximum absolute atomic E-state index is 13.1. The Hall–Kier alpha value is -4.23. The molecule has 4 rings (SSSR count). The minimum Gasteiger partial charge on any atom is -0.465 e. The summed E-state index contributed by atoms with van der Waals surface area (Å²) in [5.41, 5.74) is 1.66. The van der Waals surface area contributed by atoms with Gasteiger partial charge in [0.25, 0.3) is 0 Å².